The van der Waals surface area contributed by atoms with Gasteiger partial charge in [0.25, 0.3) is 0 Å². The first-order chi connectivity index (χ1) is 10.4. The van der Waals surface area contributed by atoms with Crippen LogP contribution in [0.3, 0.4) is 0 Å². The fourth-order valence-electron chi connectivity index (χ4n) is 2.70. The van der Waals surface area contributed by atoms with Gasteiger partial charge >= 0.3 is 0 Å². The predicted octanol–water partition coefficient (Wildman–Crippen LogP) is 3.75. The number of fused-ring (bicyclic) bond motifs is 1. The van der Waals surface area contributed by atoms with E-state index in [-0.39, 0.29) is 6.04 Å². The Morgan fingerprint density at radius 1 is 0.905 bits per heavy atom. The molecule has 1 atom stereocenters. The van der Waals surface area contributed by atoms with Crippen LogP contribution in [0.2, 0.25) is 0 Å². The molecule has 1 aromatic heterocycles. The molecule has 102 valence electrons. The van der Waals surface area contributed by atoms with Crippen LogP contribution in [0.25, 0.3) is 10.8 Å². The van der Waals surface area contributed by atoms with Crippen molar-refractivity contribution < 1.29 is 4.74 Å². The van der Waals surface area contributed by atoms with Crippen LogP contribution in [0, 0.1) is 0 Å². The average Bonchev–Trinajstić information content (AvgIpc) is 3.05. The number of hydrogen-bond acceptors (Lipinski definition) is 3. The molecule has 3 nitrogen and oxygen atoms in total. The first-order valence-electron chi connectivity index (χ1n) is 7.01. The van der Waals surface area contributed by atoms with Crippen molar-refractivity contribution in [2.45, 2.75) is 6.04 Å². The molecule has 0 N–H and O–H groups in total. The number of hydrogen-bond donors (Lipinski definition) is 0. The van der Waals surface area contributed by atoms with Crippen LogP contribution in [-0.2, 0) is 4.74 Å². The molecular weight excluding hydrogens is 260 g/mol. The molecule has 3 heteroatoms. The minimum Gasteiger partial charge on any atom is -0.474 e. The fraction of sp³-hybridized carbons (Fsp3) is 0.111. The lowest BCUT2D eigenvalue weighted by Gasteiger charge is -2.09. The Morgan fingerprint density at radius 2 is 1.76 bits per heavy atom. The summed E-state index contributed by atoms with van der Waals surface area (Å²) in [6.07, 6.45) is 1.76. The number of aromatic nitrogens is 1. The number of nitrogens with zero attached hydrogens (tertiary/aromatic N) is 2. The van der Waals surface area contributed by atoms with Gasteiger partial charge in [-0.25, -0.2) is 4.99 Å². The zero-order valence-corrected chi connectivity index (χ0v) is 11.4. The van der Waals surface area contributed by atoms with Crippen molar-refractivity contribution in [1.82, 2.24) is 4.98 Å². The highest BCUT2D eigenvalue weighted by Gasteiger charge is 2.23. The third kappa shape index (κ3) is 2.17. The largest absolute Gasteiger partial charge is 0.474 e. The molecule has 0 bridgehead atoms. The quantitative estimate of drug-likeness (QED) is 0.713. The van der Waals surface area contributed by atoms with E-state index < -0.39 is 0 Å². The molecule has 0 aliphatic carbocycles. The highest BCUT2D eigenvalue weighted by molar-refractivity contribution is 5.94. The van der Waals surface area contributed by atoms with Gasteiger partial charge in [0.2, 0.25) is 5.90 Å². The Morgan fingerprint density at radius 3 is 2.67 bits per heavy atom. The SMILES string of the molecule is c1ccc(C2=N[C@@H](c3cccc4ccccc34)CO2)nc1. The van der Waals surface area contributed by atoms with Crippen LogP contribution in [-0.4, -0.2) is 17.5 Å². The maximum absolute atomic E-state index is 5.74. The molecule has 3 aromatic rings. The lowest BCUT2D eigenvalue weighted by molar-refractivity contribution is 0.319. The second kappa shape index (κ2) is 5.02. The van der Waals surface area contributed by atoms with Crippen LogP contribution < -0.4 is 0 Å². The zero-order chi connectivity index (χ0) is 14.1. The van der Waals surface area contributed by atoms with Gasteiger partial charge in [0, 0.05) is 6.20 Å². The second-order valence-electron chi connectivity index (χ2n) is 5.04. The number of benzene rings is 2. The summed E-state index contributed by atoms with van der Waals surface area (Å²) in [7, 11) is 0. The lowest BCUT2D eigenvalue weighted by Crippen LogP contribution is -2.03. The molecule has 0 spiro atoms. The fourth-order valence-corrected chi connectivity index (χ4v) is 2.70. The van der Waals surface area contributed by atoms with E-state index in [9.17, 15) is 0 Å². The standard InChI is InChI=1S/C18H14N2O/c1-2-8-14-13(6-1)7-5-9-15(14)17-12-21-18(20-17)16-10-3-4-11-19-16/h1-11,17H,12H2/t17-/m1/s1. The molecule has 0 unspecified atom stereocenters. The van der Waals surface area contributed by atoms with E-state index in [4.69, 9.17) is 9.73 Å². The van der Waals surface area contributed by atoms with E-state index in [0.717, 1.165) is 5.69 Å². The Labute approximate surface area is 122 Å². The summed E-state index contributed by atoms with van der Waals surface area (Å²) in [5.41, 5.74) is 2.00. The van der Waals surface area contributed by atoms with E-state index in [1.807, 2.05) is 18.2 Å². The first kappa shape index (κ1) is 12.1. The average molecular weight is 274 g/mol. The molecular formula is C18H14N2O. The third-order valence-electron chi connectivity index (χ3n) is 3.72. The number of rotatable bonds is 2. The summed E-state index contributed by atoms with van der Waals surface area (Å²) in [5.74, 6) is 0.633. The normalized spacial score (nSPS) is 17.5. The van der Waals surface area contributed by atoms with E-state index >= 15 is 0 Å². The number of pyridine rings is 1. The number of ether oxygens (including phenoxy) is 1. The van der Waals surface area contributed by atoms with E-state index in [0.29, 0.717) is 12.5 Å². The summed E-state index contributed by atoms with van der Waals surface area (Å²) < 4.78 is 5.74. The van der Waals surface area contributed by atoms with E-state index in [1.165, 1.54) is 16.3 Å². The van der Waals surface area contributed by atoms with Crippen LogP contribution >= 0.6 is 0 Å². The topological polar surface area (TPSA) is 34.5 Å². The Kier molecular flexibility index (Phi) is 2.89. The smallest absolute Gasteiger partial charge is 0.236 e. The molecule has 0 saturated heterocycles. The predicted molar refractivity (Wildman–Crippen MR) is 83.4 cm³/mol. The van der Waals surface area contributed by atoms with Gasteiger partial charge in [0.05, 0.1) is 0 Å². The van der Waals surface area contributed by atoms with Gasteiger partial charge in [-0.05, 0) is 28.5 Å². The van der Waals surface area contributed by atoms with Gasteiger partial charge in [0.1, 0.15) is 18.3 Å². The molecule has 0 fully saturated rings. The summed E-state index contributed by atoms with van der Waals surface area (Å²) >= 11 is 0. The molecule has 0 saturated carbocycles. The van der Waals surface area contributed by atoms with Crippen LogP contribution in [0.4, 0.5) is 0 Å². The molecule has 4 rings (SSSR count). The monoisotopic (exact) mass is 274 g/mol. The van der Waals surface area contributed by atoms with Gasteiger partial charge < -0.3 is 4.74 Å². The molecule has 1 aliphatic heterocycles. The van der Waals surface area contributed by atoms with Gasteiger partial charge in [-0.15, -0.1) is 0 Å². The van der Waals surface area contributed by atoms with Gasteiger partial charge in [0.15, 0.2) is 0 Å². The summed E-state index contributed by atoms with van der Waals surface area (Å²) in [6, 6.07) is 20.5. The van der Waals surface area contributed by atoms with Gasteiger partial charge in [-0.2, -0.15) is 0 Å². The lowest BCUT2D eigenvalue weighted by atomic mass is 10.00. The zero-order valence-electron chi connectivity index (χ0n) is 11.4. The third-order valence-corrected chi connectivity index (χ3v) is 3.72. The second-order valence-corrected chi connectivity index (χ2v) is 5.04. The van der Waals surface area contributed by atoms with Crippen molar-refractivity contribution in [1.29, 1.82) is 0 Å². The highest BCUT2D eigenvalue weighted by atomic mass is 16.5. The summed E-state index contributed by atoms with van der Waals surface area (Å²) in [4.78, 5) is 9.01. The maximum Gasteiger partial charge on any atom is 0.236 e. The van der Waals surface area contributed by atoms with Crippen molar-refractivity contribution in [2.24, 2.45) is 4.99 Å². The van der Waals surface area contributed by atoms with Crippen LogP contribution in [0.5, 0.6) is 0 Å². The molecule has 21 heavy (non-hydrogen) atoms. The van der Waals surface area contributed by atoms with Gasteiger partial charge in [-0.3, -0.25) is 4.98 Å². The van der Waals surface area contributed by atoms with Gasteiger partial charge in [-0.1, -0.05) is 48.5 Å². The molecule has 2 heterocycles. The molecule has 2 aromatic carbocycles. The molecule has 0 radical (unpaired) electrons. The highest BCUT2D eigenvalue weighted by Crippen LogP contribution is 2.30. The Hall–Kier alpha value is -2.68. The molecule has 0 amide bonds. The summed E-state index contributed by atoms with van der Waals surface area (Å²) in [6.45, 7) is 0.569. The van der Waals surface area contributed by atoms with Crippen molar-refractivity contribution >= 4 is 16.7 Å². The van der Waals surface area contributed by atoms with Crippen molar-refractivity contribution in [3.63, 3.8) is 0 Å². The van der Waals surface area contributed by atoms with E-state index in [1.54, 1.807) is 6.20 Å². The minimum atomic E-state index is 0.0353. The van der Waals surface area contributed by atoms with Crippen LogP contribution in [0.15, 0.2) is 71.9 Å². The maximum atomic E-state index is 5.74. The van der Waals surface area contributed by atoms with Crippen molar-refractivity contribution in [3.8, 4) is 0 Å². The van der Waals surface area contributed by atoms with Crippen molar-refractivity contribution in [2.75, 3.05) is 6.61 Å². The minimum absolute atomic E-state index is 0.0353. The van der Waals surface area contributed by atoms with E-state index in [2.05, 4.69) is 47.4 Å². The first-order valence-corrected chi connectivity index (χ1v) is 7.01. The number of aliphatic imine (C=N–C) groups is 1. The Balaban J connectivity index is 1.76. The van der Waals surface area contributed by atoms with Crippen LogP contribution in [0.1, 0.15) is 17.3 Å². The summed E-state index contributed by atoms with van der Waals surface area (Å²) in [5, 5.41) is 2.47. The van der Waals surface area contributed by atoms with Crippen molar-refractivity contribution in [3.05, 3.63) is 78.1 Å². The Bertz CT molecular complexity index is 806. The molecule has 1 aliphatic rings.